The molecule has 1 aromatic heterocycles. The molecule has 0 spiro atoms. The summed E-state index contributed by atoms with van der Waals surface area (Å²) in [5, 5.41) is 16.6. The molecule has 0 saturated heterocycles. The lowest BCUT2D eigenvalue weighted by Crippen LogP contribution is -2.59. The van der Waals surface area contributed by atoms with Gasteiger partial charge >= 0.3 is 11.5 Å². The van der Waals surface area contributed by atoms with Crippen LogP contribution in [0.3, 0.4) is 0 Å². The third-order valence-corrected chi connectivity index (χ3v) is 5.42. The van der Waals surface area contributed by atoms with E-state index < -0.39 is 22.3 Å². The highest BCUT2D eigenvalue weighted by atomic mass is 32.1. The molecule has 2 heterocycles. The molecule has 130 valence electrons. The van der Waals surface area contributed by atoms with Gasteiger partial charge in [-0.05, 0) is 28.8 Å². The smallest absolute Gasteiger partial charge is 0.387 e. The first-order chi connectivity index (χ1) is 12.1. The molecule has 0 radical (unpaired) electrons. The van der Waals surface area contributed by atoms with Crippen LogP contribution in [-0.4, -0.2) is 30.1 Å². The second-order valence-corrected chi connectivity index (χ2v) is 6.85. The lowest BCUT2D eigenvalue weighted by molar-refractivity contribution is -0.556. The van der Waals surface area contributed by atoms with E-state index in [1.807, 2.05) is 41.8 Å². The van der Waals surface area contributed by atoms with Crippen LogP contribution >= 0.6 is 11.3 Å². The maximum absolute atomic E-state index is 12.4. The van der Waals surface area contributed by atoms with E-state index in [-0.39, 0.29) is 6.54 Å². The monoisotopic (exact) mass is 358 g/mol. The van der Waals surface area contributed by atoms with Crippen molar-refractivity contribution in [2.24, 2.45) is 0 Å². The lowest BCUT2D eigenvalue weighted by atomic mass is 9.77. The van der Waals surface area contributed by atoms with E-state index in [9.17, 15) is 14.9 Å². The zero-order valence-corrected chi connectivity index (χ0v) is 14.5. The molecule has 0 amide bonds. The maximum Gasteiger partial charge on any atom is 0.387 e. The molecular weight excluding hydrogens is 340 g/mol. The minimum Gasteiger partial charge on any atom is -0.464 e. The topological polar surface area (TPSA) is 81.5 Å². The Hall–Kier alpha value is -2.67. The molecule has 2 unspecified atom stereocenters. The molecule has 1 aromatic carbocycles. The summed E-state index contributed by atoms with van der Waals surface area (Å²) in [4.78, 5) is 24.7. The molecule has 3 rings (SSSR count). The van der Waals surface area contributed by atoms with Crippen LogP contribution < -0.4 is 5.32 Å². The van der Waals surface area contributed by atoms with Crippen LogP contribution in [0.4, 0.5) is 0 Å². The van der Waals surface area contributed by atoms with Crippen molar-refractivity contribution in [2.75, 3.05) is 13.7 Å². The van der Waals surface area contributed by atoms with Gasteiger partial charge in [0, 0.05) is 16.2 Å². The van der Waals surface area contributed by atoms with Crippen molar-refractivity contribution in [1.82, 2.24) is 5.32 Å². The molecule has 7 heteroatoms. The highest BCUT2D eigenvalue weighted by Crippen LogP contribution is 2.39. The van der Waals surface area contributed by atoms with Crippen LogP contribution in [0.1, 0.15) is 21.9 Å². The van der Waals surface area contributed by atoms with Crippen molar-refractivity contribution in [2.45, 2.75) is 17.9 Å². The number of ether oxygens (including phenoxy) is 1. The Morgan fingerprint density at radius 3 is 2.84 bits per heavy atom. The highest BCUT2D eigenvalue weighted by molar-refractivity contribution is 7.10. The molecule has 0 bridgehead atoms. The van der Waals surface area contributed by atoms with Crippen molar-refractivity contribution in [1.29, 1.82) is 0 Å². The predicted octanol–water partition coefficient (Wildman–Crippen LogP) is 2.73. The summed E-state index contributed by atoms with van der Waals surface area (Å²) in [6, 6.07) is 11.8. The Morgan fingerprint density at radius 1 is 1.40 bits per heavy atom. The fraction of sp³-hybridized carbons (Fsp3) is 0.278. The number of hydrogen-bond acceptors (Lipinski definition) is 6. The molecule has 0 saturated carbocycles. The number of carbonyl (C=O) groups excluding carboxylic acids is 1. The van der Waals surface area contributed by atoms with Crippen LogP contribution in [-0.2, 0) is 16.0 Å². The van der Waals surface area contributed by atoms with Crippen LogP contribution in [0, 0.1) is 10.1 Å². The third-order valence-electron chi connectivity index (χ3n) is 4.48. The number of methoxy groups -OCH3 is 1. The second-order valence-electron chi connectivity index (χ2n) is 5.85. The Kier molecular flexibility index (Phi) is 4.85. The predicted molar refractivity (Wildman–Crippen MR) is 95.2 cm³/mol. The quantitative estimate of drug-likeness (QED) is 0.505. The first-order valence-electron chi connectivity index (χ1n) is 7.82. The van der Waals surface area contributed by atoms with E-state index in [0.29, 0.717) is 6.42 Å². The summed E-state index contributed by atoms with van der Waals surface area (Å²) in [5.41, 5.74) is 0.0540. The van der Waals surface area contributed by atoms with Crippen LogP contribution in [0.2, 0.25) is 0 Å². The van der Waals surface area contributed by atoms with Crippen molar-refractivity contribution in [3.05, 3.63) is 80.2 Å². The summed E-state index contributed by atoms with van der Waals surface area (Å²) in [5.74, 6) is -1.52. The molecule has 25 heavy (non-hydrogen) atoms. The number of thiophene rings is 1. The average Bonchev–Trinajstić information content (AvgIpc) is 3.09. The zero-order valence-electron chi connectivity index (χ0n) is 13.7. The number of nitrogens with one attached hydrogen (secondary N) is 1. The number of hydrogen-bond donors (Lipinski definition) is 1. The Labute approximate surface area is 149 Å². The molecular formula is C18H18N2O4S. The van der Waals surface area contributed by atoms with E-state index in [0.717, 1.165) is 16.0 Å². The first kappa shape index (κ1) is 17.2. The number of benzene rings is 1. The van der Waals surface area contributed by atoms with Gasteiger partial charge in [0.2, 0.25) is 0 Å². The Balaban J connectivity index is 2.03. The van der Waals surface area contributed by atoms with Gasteiger partial charge in [-0.1, -0.05) is 36.4 Å². The summed E-state index contributed by atoms with van der Waals surface area (Å²) in [6.07, 6.45) is 4.01. The molecule has 0 aliphatic carbocycles. The van der Waals surface area contributed by atoms with Gasteiger partial charge in [0.15, 0.2) is 0 Å². The van der Waals surface area contributed by atoms with E-state index in [2.05, 4.69) is 5.32 Å². The number of carbonyl (C=O) groups is 1. The van der Waals surface area contributed by atoms with Gasteiger partial charge in [0.05, 0.1) is 19.6 Å². The van der Waals surface area contributed by atoms with Gasteiger partial charge in [-0.25, -0.2) is 4.79 Å². The van der Waals surface area contributed by atoms with E-state index in [4.69, 9.17) is 4.74 Å². The van der Waals surface area contributed by atoms with Gasteiger partial charge in [-0.2, -0.15) is 0 Å². The minimum absolute atomic E-state index is 0.103. The Morgan fingerprint density at radius 2 is 2.16 bits per heavy atom. The van der Waals surface area contributed by atoms with Gasteiger partial charge in [-0.15, -0.1) is 11.3 Å². The molecule has 0 fully saturated rings. The highest BCUT2D eigenvalue weighted by Gasteiger charge is 2.60. The SMILES string of the molecule is COC(=O)C1([N+](=O)[O-])CNC=CC1c1ccsc1Cc1ccccc1. The summed E-state index contributed by atoms with van der Waals surface area (Å²) in [6.45, 7) is -0.103. The summed E-state index contributed by atoms with van der Waals surface area (Å²) < 4.78 is 4.79. The molecule has 6 nitrogen and oxygen atoms in total. The van der Waals surface area contributed by atoms with Crippen LogP contribution in [0.15, 0.2) is 54.1 Å². The molecule has 2 aromatic rings. The van der Waals surface area contributed by atoms with Crippen LogP contribution in [0.25, 0.3) is 0 Å². The average molecular weight is 358 g/mol. The fourth-order valence-corrected chi connectivity index (χ4v) is 4.15. The van der Waals surface area contributed by atoms with Gasteiger partial charge in [0.25, 0.3) is 0 Å². The summed E-state index contributed by atoms with van der Waals surface area (Å²) in [7, 11) is 1.18. The largest absolute Gasteiger partial charge is 0.464 e. The fourth-order valence-electron chi connectivity index (χ4n) is 3.19. The normalized spacial score (nSPS) is 22.2. The number of nitro groups is 1. The van der Waals surface area contributed by atoms with Crippen molar-refractivity contribution >= 4 is 17.3 Å². The third kappa shape index (κ3) is 3.02. The summed E-state index contributed by atoms with van der Waals surface area (Å²) >= 11 is 1.54. The minimum atomic E-state index is -1.87. The van der Waals surface area contributed by atoms with Gasteiger partial charge in [0.1, 0.15) is 0 Å². The van der Waals surface area contributed by atoms with Gasteiger partial charge < -0.3 is 10.1 Å². The number of esters is 1. The van der Waals surface area contributed by atoms with E-state index in [1.54, 1.807) is 23.6 Å². The number of rotatable bonds is 5. The zero-order chi connectivity index (χ0) is 17.9. The molecule has 1 N–H and O–H groups in total. The molecule has 1 aliphatic rings. The van der Waals surface area contributed by atoms with E-state index in [1.165, 1.54) is 7.11 Å². The van der Waals surface area contributed by atoms with Gasteiger partial charge in [-0.3, -0.25) is 10.1 Å². The Bertz CT molecular complexity index is 802. The van der Waals surface area contributed by atoms with E-state index >= 15 is 0 Å². The van der Waals surface area contributed by atoms with Crippen molar-refractivity contribution in [3.63, 3.8) is 0 Å². The van der Waals surface area contributed by atoms with Crippen molar-refractivity contribution in [3.8, 4) is 0 Å². The van der Waals surface area contributed by atoms with Crippen molar-refractivity contribution < 1.29 is 14.5 Å². The maximum atomic E-state index is 12.4. The molecule has 1 aliphatic heterocycles. The first-order valence-corrected chi connectivity index (χ1v) is 8.70. The second kappa shape index (κ2) is 7.06. The van der Waals surface area contributed by atoms with Crippen LogP contribution in [0.5, 0.6) is 0 Å². The standard InChI is InChI=1S/C18H18N2O4S/c1-24-17(21)18(20(22)23)12-19-9-7-15(18)14-8-10-25-16(14)11-13-5-3-2-4-6-13/h2-10,15,19H,11-12H2,1H3. The lowest BCUT2D eigenvalue weighted by Gasteiger charge is -2.32. The molecule has 2 atom stereocenters. The number of nitrogens with zero attached hydrogens (tertiary/aromatic N) is 1.